The van der Waals surface area contributed by atoms with Gasteiger partial charge in [0.25, 0.3) is 0 Å². The summed E-state index contributed by atoms with van der Waals surface area (Å²) < 4.78 is 1.83. The van der Waals surface area contributed by atoms with Crippen LogP contribution in [-0.4, -0.2) is 19.8 Å². The molecule has 3 aromatic carbocycles. The smallest absolute Gasteiger partial charge is 0.182 e. The average Bonchev–Trinajstić information content (AvgIpc) is 3.30. The SMILES string of the molecule is Cc1cccc(-c2nnc3sc(-c4ccc(-c5ccccc5)cc4)nn23)c1. The predicted octanol–water partition coefficient (Wildman–Crippen LogP) is 5.50. The van der Waals surface area contributed by atoms with Crippen LogP contribution >= 0.6 is 11.3 Å². The van der Waals surface area contributed by atoms with Gasteiger partial charge in [-0.1, -0.05) is 89.7 Å². The summed E-state index contributed by atoms with van der Waals surface area (Å²) in [5.41, 5.74) is 5.71. The fourth-order valence-corrected chi connectivity index (χ4v) is 3.98. The van der Waals surface area contributed by atoms with E-state index in [0.717, 1.165) is 26.9 Å². The van der Waals surface area contributed by atoms with Gasteiger partial charge in [-0.25, -0.2) is 0 Å². The first kappa shape index (κ1) is 15.9. The third kappa shape index (κ3) is 2.92. The van der Waals surface area contributed by atoms with Crippen LogP contribution in [0.5, 0.6) is 0 Å². The molecule has 0 unspecified atom stereocenters. The Kier molecular flexibility index (Phi) is 3.80. The van der Waals surface area contributed by atoms with Crippen LogP contribution in [0.1, 0.15) is 5.56 Å². The molecule has 0 saturated heterocycles. The van der Waals surface area contributed by atoms with Crippen molar-refractivity contribution in [2.24, 2.45) is 0 Å². The van der Waals surface area contributed by atoms with Crippen molar-refractivity contribution in [3.8, 4) is 33.1 Å². The van der Waals surface area contributed by atoms with E-state index < -0.39 is 0 Å². The van der Waals surface area contributed by atoms with Crippen molar-refractivity contribution in [2.45, 2.75) is 6.92 Å². The minimum absolute atomic E-state index is 0.775. The Bertz CT molecular complexity index is 1220. The van der Waals surface area contributed by atoms with E-state index in [-0.39, 0.29) is 0 Å². The van der Waals surface area contributed by atoms with Gasteiger partial charge in [0.15, 0.2) is 5.82 Å². The molecule has 5 aromatic rings. The molecule has 0 spiro atoms. The molecular weight excluding hydrogens is 352 g/mol. The summed E-state index contributed by atoms with van der Waals surface area (Å²) in [5, 5.41) is 14.3. The van der Waals surface area contributed by atoms with Crippen molar-refractivity contribution >= 4 is 16.3 Å². The summed E-state index contributed by atoms with van der Waals surface area (Å²) in [4.78, 5) is 0.800. The van der Waals surface area contributed by atoms with E-state index in [1.54, 1.807) is 11.3 Å². The minimum Gasteiger partial charge on any atom is -0.182 e. The summed E-state index contributed by atoms with van der Waals surface area (Å²) in [6, 6.07) is 27.1. The molecule has 0 saturated carbocycles. The third-order valence-electron chi connectivity index (χ3n) is 4.51. The monoisotopic (exact) mass is 368 g/mol. The maximum absolute atomic E-state index is 4.76. The summed E-state index contributed by atoms with van der Waals surface area (Å²) in [6.07, 6.45) is 0. The molecule has 0 aliphatic carbocycles. The summed E-state index contributed by atoms with van der Waals surface area (Å²) in [7, 11) is 0. The van der Waals surface area contributed by atoms with E-state index in [0.29, 0.717) is 0 Å². The number of benzene rings is 3. The van der Waals surface area contributed by atoms with Gasteiger partial charge in [-0.05, 0) is 24.1 Å². The second-order valence-corrected chi connectivity index (χ2v) is 7.39. The van der Waals surface area contributed by atoms with Crippen molar-refractivity contribution in [3.05, 3.63) is 84.4 Å². The normalized spacial score (nSPS) is 11.1. The van der Waals surface area contributed by atoms with Gasteiger partial charge in [0, 0.05) is 11.1 Å². The Balaban J connectivity index is 1.53. The minimum atomic E-state index is 0.775. The van der Waals surface area contributed by atoms with Gasteiger partial charge >= 0.3 is 0 Å². The van der Waals surface area contributed by atoms with Gasteiger partial charge in [0.1, 0.15) is 5.01 Å². The van der Waals surface area contributed by atoms with Gasteiger partial charge in [-0.2, -0.15) is 9.61 Å². The third-order valence-corrected chi connectivity index (χ3v) is 5.45. The highest BCUT2D eigenvalue weighted by Gasteiger charge is 2.14. The molecule has 27 heavy (non-hydrogen) atoms. The molecule has 4 nitrogen and oxygen atoms in total. The summed E-state index contributed by atoms with van der Waals surface area (Å²) in [6.45, 7) is 2.07. The van der Waals surface area contributed by atoms with Crippen LogP contribution in [0.3, 0.4) is 0 Å². The molecule has 2 aromatic heterocycles. The zero-order chi connectivity index (χ0) is 18.2. The lowest BCUT2D eigenvalue weighted by atomic mass is 10.0. The molecule has 0 fully saturated rings. The van der Waals surface area contributed by atoms with Crippen molar-refractivity contribution < 1.29 is 0 Å². The number of hydrogen-bond acceptors (Lipinski definition) is 4. The molecule has 130 valence electrons. The number of aromatic nitrogens is 4. The fraction of sp³-hybridized carbons (Fsp3) is 0.0455. The lowest BCUT2D eigenvalue weighted by molar-refractivity contribution is 0.970. The standard InChI is InChI=1S/C22H16N4S/c1-15-6-5-9-19(14-15)20-23-24-22-26(20)25-21(27-22)18-12-10-17(11-13-18)16-7-3-2-4-8-16/h2-14H,1H3. The van der Waals surface area contributed by atoms with Crippen molar-refractivity contribution in [1.29, 1.82) is 0 Å². The van der Waals surface area contributed by atoms with Gasteiger partial charge in [0.2, 0.25) is 4.96 Å². The number of aryl methyl sites for hydroxylation is 1. The Labute approximate surface area is 160 Å². The van der Waals surface area contributed by atoms with E-state index in [1.165, 1.54) is 16.7 Å². The second kappa shape index (κ2) is 6.45. The lowest BCUT2D eigenvalue weighted by Gasteiger charge is -2.02. The van der Waals surface area contributed by atoms with Gasteiger partial charge in [-0.3, -0.25) is 0 Å². The largest absolute Gasteiger partial charge is 0.235 e. The summed E-state index contributed by atoms with van der Waals surface area (Å²) in [5.74, 6) is 0.775. The van der Waals surface area contributed by atoms with Crippen LogP contribution < -0.4 is 0 Å². The van der Waals surface area contributed by atoms with Crippen molar-refractivity contribution in [1.82, 2.24) is 19.8 Å². The van der Waals surface area contributed by atoms with E-state index >= 15 is 0 Å². The number of hydrogen-bond donors (Lipinski definition) is 0. The molecule has 0 radical (unpaired) electrons. The highest BCUT2D eigenvalue weighted by Crippen LogP contribution is 2.30. The van der Waals surface area contributed by atoms with Crippen LogP contribution in [0.4, 0.5) is 0 Å². The Morgan fingerprint density at radius 1 is 0.704 bits per heavy atom. The molecular formula is C22H16N4S. The van der Waals surface area contributed by atoms with Crippen LogP contribution in [-0.2, 0) is 0 Å². The van der Waals surface area contributed by atoms with Gasteiger partial charge < -0.3 is 0 Å². The topological polar surface area (TPSA) is 43.1 Å². The molecule has 0 aliphatic rings. The Hall–Kier alpha value is -3.31. The number of nitrogens with zero attached hydrogens (tertiary/aromatic N) is 4. The molecule has 2 heterocycles. The van der Waals surface area contributed by atoms with Crippen LogP contribution in [0.2, 0.25) is 0 Å². The molecule has 5 heteroatoms. The van der Waals surface area contributed by atoms with E-state index in [9.17, 15) is 0 Å². The number of rotatable bonds is 3. The molecule has 5 rings (SSSR count). The molecule has 0 bridgehead atoms. The Morgan fingerprint density at radius 2 is 1.41 bits per heavy atom. The zero-order valence-corrected chi connectivity index (χ0v) is 15.5. The highest BCUT2D eigenvalue weighted by molar-refractivity contribution is 7.19. The maximum Gasteiger partial charge on any atom is 0.235 e. The molecule has 0 amide bonds. The quantitative estimate of drug-likeness (QED) is 0.423. The van der Waals surface area contributed by atoms with Crippen LogP contribution in [0.15, 0.2) is 78.9 Å². The van der Waals surface area contributed by atoms with Crippen molar-refractivity contribution in [3.63, 3.8) is 0 Å². The second-order valence-electron chi connectivity index (χ2n) is 6.44. The zero-order valence-electron chi connectivity index (χ0n) is 14.7. The van der Waals surface area contributed by atoms with Crippen molar-refractivity contribution in [2.75, 3.05) is 0 Å². The van der Waals surface area contributed by atoms with E-state index in [1.807, 2.05) is 22.7 Å². The lowest BCUT2D eigenvalue weighted by Crippen LogP contribution is -1.91. The number of fused-ring (bicyclic) bond motifs is 1. The summed E-state index contributed by atoms with van der Waals surface area (Å²) >= 11 is 1.55. The fourth-order valence-electron chi connectivity index (χ4n) is 3.13. The average molecular weight is 368 g/mol. The first-order valence-corrected chi connectivity index (χ1v) is 9.55. The Morgan fingerprint density at radius 3 is 2.19 bits per heavy atom. The molecule has 0 aliphatic heterocycles. The van der Waals surface area contributed by atoms with Gasteiger partial charge in [-0.15, -0.1) is 10.2 Å². The predicted molar refractivity (Wildman–Crippen MR) is 110 cm³/mol. The first-order valence-electron chi connectivity index (χ1n) is 8.73. The van der Waals surface area contributed by atoms with E-state index in [2.05, 4.69) is 77.8 Å². The molecule has 0 atom stereocenters. The van der Waals surface area contributed by atoms with Crippen LogP contribution in [0, 0.1) is 6.92 Å². The maximum atomic E-state index is 4.76. The van der Waals surface area contributed by atoms with Crippen LogP contribution in [0.25, 0.3) is 38.0 Å². The highest BCUT2D eigenvalue weighted by atomic mass is 32.1. The molecule has 0 N–H and O–H groups in total. The van der Waals surface area contributed by atoms with E-state index in [4.69, 9.17) is 5.10 Å². The van der Waals surface area contributed by atoms with Gasteiger partial charge in [0.05, 0.1) is 0 Å². The first-order chi connectivity index (χ1) is 13.3.